The molecule has 4 amide bonds. The van der Waals surface area contributed by atoms with E-state index < -0.39 is 53.7 Å². The molecule has 3 rings (SSSR count). The standard InChI is InChI=1S/C23H28F3N3O5/c1-13-9-21(3,4)12-22(10-13)19(32)29(20(33)28-22)11-17(30)34-14(2)18(31)27-16-7-5-6-15(8-16)23(24,25)26/h5-8,13-14H,9-12H2,1-4H3,(H,27,31)(H,28,33). The van der Waals surface area contributed by atoms with Crippen LogP contribution in [0.25, 0.3) is 0 Å². The Bertz CT molecular complexity index is 1010. The maximum atomic E-state index is 13.1. The van der Waals surface area contributed by atoms with Crippen LogP contribution in [0.4, 0.5) is 23.7 Å². The number of nitrogens with one attached hydrogen (secondary N) is 2. The average Bonchev–Trinajstić information content (AvgIpc) is 2.89. The van der Waals surface area contributed by atoms with Gasteiger partial charge in [0.25, 0.3) is 11.8 Å². The zero-order valence-electron chi connectivity index (χ0n) is 19.4. The number of esters is 1. The van der Waals surface area contributed by atoms with Crippen LogP contribution < -0.4 is 10.6 Å². The van der Waals surface area contributed by atoms with Crippen molar-refractivity contribution in [2.45, 2.75) is 64.8 Å². The number of urea groups is 1. The molecule has 1 saturated heterocycles. The number of anilines is 1. The molecule has 0 radical (unpaired) electrons. The first kappa shape index (κ1) is 25.5. The van der Waals surface area contributed by atoms with E-state index in [9.17, 15) is 32.3 Å². The van der Waals surface area contributed by atoms with Crippen LogP contribution >= 0.6 is 0 Å². The first-order valence-electron chi connectivity index (χ1n) is 10.9. The summed E-state index contributed by atoms with van der Waals surface area (Å²) in [5.41, 5.74) is -2.31. The van der Waals surface area contributed by atoms with E-state index in [4.69, 9.17) is 4.74 Å². The Balaban J connectivity index is 1.60. The van der Waals surface area contributed by atoms with Crippen LogP contribution in [0.15, 0.2) is 24.3 Å². The third-order valence-corrected chi connectivity index (χ3v) is 6.05. The highest BCUT2D eigenvalue weighted by Crippen LogP contribution is 2.46. The average molecular weight is 483 g/mol. The molecule has 1 aromatic carbocycles. The second-order valence-electron chi connectivity index (χ2n) is 9.96. The molecule has 1 aliphatic heterocycles. The number of ether oxygens (including phenoxy) is 1. The summed E-state index contributed by atoms with van der Waals surface area (Å²) < 4.78 is 43.6. The number of imide groups is 1. The number of hydrogen-bond donors (Lipinski definition) is 2. The smallest absolute Gasteiger partial charge is 0.416 e. The number of rotatable bonds is 5. The quantitative estimate of drug-likeness (QED) is 0.491. The van der Waals surface area contributed by atoms with Crippen molar-refractivity contribution in [3.8, 4) is 0 Å². The van der Waals surface area contributed by atoms with Crippen LogP contribution in [0.5, 0.6) is 0 Å². The lowest BCUT2D eigenvalue weighted by atomic mass is 9.64. The minimum atomic E-state index is -4.58. The van der Waals surface area contributed by atoms with Gasteiger partial charge in [-0.3, -0.25) is 19.3 Å². The molecule has 186 valence electrons. The van der Waals surface area contributed by atoms with E-state index in [-0.39, 0.29) is 17.0 Å². The van der Waals surface area contributed by atoms with Crippen molar-refractivity contribution in [3.63, 3.8) is 0 Å². The molecule has 1 aromatic rings. The molecule has 11 heteroatoms. The second kappa shape index (κ2) is 8.92. The van der Waals surface area contributed by atoms with Gasteiger partial charge in [0, 0.05) is 5.69 Å². The van der Waals surface area contributed by atoms with Crippen LogP contribution in [0.1, 0.15) is 52.5 Å². The Labute approximate surface area is 195 Å². The number of benzene rings is 1. The van der Waals surface area contributed by atoms with Crippen molar-refractivity contribution in [2.24, 2.45) is 11.3 Å². The molecule has 1 spiro atoms. The number of amides is 4. The van der Waals surface area contributed by atoms with Crippen LogP contribution in [0.2, 0.25) is 0 Å². The van der Waals surface area contributed by atoms with E-state index in [1.165, 1.54) is 13.0 Å². The molecule has 1 heterocycles. The summed E-state index contributed by atoms with van der Waals surface area (Å²) in [7, 11) is 0. The Morgan fingerprint density at radius 2 is 1.94 bits per heavy atom. The van der Waals surface area contributed by atoms with Crippen LogP contribution in [-0.2, 0) is 25.3 Å². The van der Waals surface area contributed by atoms with E-state index in [1.54, 1.807) is 0 Å². The van der Waals surface area contributed by atoms with E-state index in [1.807, 2.05) is 20.8 Å². The summed E-state index contributed by atoms with van der Waals surface area (Å²) >= 11 is 0. The fourth-order valence-corrected chi connectivity index (χ4v) is 5.08. The highest BCUT2D eigenvalue weighted by molar-refractivity contribution is 6.09. The van der Waals surface area contributed by atoms with Gasteiger partial charge in [-0.25, -0.2) is 4.79 Å². The predicted octanol–water partition coefficient (Wildman–Crippen LogP) is 3.71. The molecular weight excluding hydrogens is 455 g/mol. The maximum absolute atomic E-state index is 13.1. The number of halogens is 3. The van der Waals surface area contributed by atoms with Crippen molar-refractivity contribution < 1.29 is 37.1 Å². The Morgan fingerprint density at radius 1 is 1.26 bits per heavy atom. The highest BCUT2D eigenvalue weighted by Gasteiger charge is 2.56. The first-order chi connectivity index (χ1) is 15.6. The topological polar surface area (TPSA) is 105 Å². The minimum absolute atomic E-state index is 0.118. The fourth-order valence-electron chi connectivity index (χ4n) is 5.08. The second-order valence-corrected chi connectivity index (χ2v) is 9.96. The van der Waals surface area contributed by atoms with Crippen molar-refractivity contribution in [3.05, 3.63) is 29.8 Å². The van der Waals surface area contributed by atoms with Gasteiger partial charge >= 0.3 is 18.2 Å². The lowest BCUT2D eigenvalue weighted by molar-refractivity contribution is -0.155. The number of hydrogen-bond acceptors (Lipinski definition) is 5. The van der Waals surface area contributed by atoms with Crippen LogP contribution in [0.3, 0.4) is 0 Å². The number of carbonyl (C=O) groups is 4. The zero-order chi connectivity index (χ0) is 25.5. The Morgan fingerprint density at radius 3 is 2.56 bits per heavy atom. The molecule has 1 saturated carbocycles. The largest absolute Gasteiger partial charge is 0.451 e. The number of nitrogens with zero attached hydrogens (tertiary/aromatic N) is 1. The van der Waals surface area contributed by atoms with Gasteiger partial charge in [-0.15, -0.1) is 0 Å². The van der Waals surface area contributed by atoms with E-state index in [0.29, 0.717) is 12.8 Å². The van der Waals surface area contributed by atoms with Gasteiger partial charge in [0.05, 0.1) is 5.56 Å². The molecule has 0 aromatic heterocycles. The molecule has 8 nitrogen and oxygen atoms in total. The van der Waals surface area contributed by atoms with Crippen molar-refractivity contribution in [2.75, 3.05) is 11.9 Å². The fraction of sp³-hybridized carbons (Fsp3) is 0.565. The lowest BCUT2D eigenvalue weighted by Gasteiger charge is -2.43. The van der Waals surface area contributed by atoms with Crippen LogP contribution in [-0.4, -0.2) is 46.9 Å². The molecule has 2 fully saturated rings. The molecule has 1 aliphatic carbocycles. The van der Waals surface area contributed by atoms with Crippen LogP contribution in [0, 0.1) is 11.3 Å². The van der Waals surface area contributed by atoms with Gasteiger partial charge in [-0.1, -0.05) is 26.8 Å². The minimum Gasteiger partial charge on any atom is -0.451 e. The van der Waals surface area contributed by atoms with Gasteiger partial charge in [0.2, 0.25) is 0 Å². The van der Waals surface area contributed by atoms with E-state index in [2.05, 4.69) is 10.6 Å². The maximum Gasteiger partial charge on any atom is 0.416 e. The molecule has 2 N–H and O–H groups in total. The van der Waals surface area contributed by atoms with Gasteiger partial charge in [-0.2, -0.15) is 13.2 Å². The van der Waals surface area contributed by atoms with Crippen molar-refractivity contribution >= 4 is 29.5 Å². The lowest BCUT2D eigenvalue weighted by Crippen LogP contribution is -2.54. The molecule has 0 bridgehead atoms. The summed E-state index contributed by atoms with van der Waals surface area (Å²) in [6, 6.07) is 3.31. The van der Waals surface area contributed by atoms with Gasteiger partial charge in [0.15, 0.2) is 6.10 Å². The Kier molecular flexibility index (Phi) is 6.69. The normalized spacial score (nSPS) is 25.1. The Hall–Kier alpha value is -3.11. The number of carbonyl (C=O) groups excluding carboxylic acids is 4. The zero-order valence-corrected chi connectivity index (χ0v) is 19.4. The van der Waals surface area contributed by atoms with E-state index in [0.717, 1.165) is 29.5 Å². The molecule has 3 atom stereocenters. The summed E-state index contributed by atoms with van der Waals surface area (Å²) in [4.78, 5) is 51.1. The number of alkyl halides is 3. The third kappa shape index (κ3) is 5.51. The molecular formula is C23H28F3N3O5. The molecule has 2 aliphatic rings. The van der Waals surface area contributed by atoms with Crippen molar-refractivity contribution in [1.29, 1.82) is 0 Å². The SMILES string of the molecule is CC1CC(C)(C)CC2(C1)NC(=O)N(CC(=O)OC(C)C(=O)Nc1cccc(C(F)(F)F)c1)C2=O. The summed E-state index contributed by atoms with van der Waals surface area (Å²) in [5, 5.41) is 5.00. The molecule has 34 heavy (non-hydrogen) atoms. The summed E-state index contributed by atoms with van der Waals surface area (Å²) in [6.45, 7) is 6.60. The van der Waals surface area contributed by atoms with E-state index >= 15 is 0 Å². The molecule has 3 unspecified atom stereocenters. The monoisotopic (exact) mass is 483 g/mol. The summed E-state index contributed by atoms with van der Waals surface area (Å²) in [6.07, 6.45) is -4.15. The first-order valence-corrected chi connectivity index (χ1v) is 10.9. The summed E-state index contributed by atoms with van der Waals surface area (Å²) in [5.74, 6) is -2.16. The highest BCUT2D eigenvalue weighted by atomic mass is 19.4. The predicted molar refractivity (Wildman–Crippen MR) is 115 cm³/mol. The van der Waals surface area contributed by atoms with Crippen molar-refractivity contribution in [1.82, 2.24) is 10.2 Å². The third-order valence-electron chi connectivity index (χ3n) is 6.05. The van der Waals surface area contributed by atoms with Gasteiger partial charge in [0.1, 0.15) is 12.1 Å². The van der Waals surface area contributed by atoms with Gasteiger partial charge < -0.3 is 15.4 Å². The van der Waals surface area contributed by atoms with Gasteiger partial charge in [-0.05, 0) is 55.7 Å².